The van der Waals surface area contributed by atoms with Crippen LogP contribution in [-0.2, 0) is 16.1 Å². The molecule has 0 heterocycles. The molecule has 1 aliphatic carbocycles. The summed E-state index contributed by atoms with van der Waals surface area (Å²) in [6.45, 7) is 3.51. The van der Waals surface area contributed by atoms with E-state index in [4.69, 9.17) is 9.84 Å². The second-order valence-corrected chi connectivity index (χ2v) is 5.58. The number of rotatable bonds is 7. The molecule has 1 saturated carbocycles. The molecule has 2 rings (SSSR count). The van der Waals surface area contributed by atoms with Crippen molar-refractivity contribution in [2.75, 3.05) is 20.3 Å². The lowest BCUT2D eigenvalue weighted by atomic mass is 10.1. The van der Waals surface area contributed by atoms with Crippen LogP contribution >= 0.6 is 0 Å². The van der Waals surface area contributed by atoms with Crippen LogP contribution in [0.2, 0.25) is 0 Å². The predicted octanol–water partition coefficient (Wildman–Crippen LogP) is 2.16. The van der Waals surface area contributed by atoms with Crippen molar-refractivity contribution in [3.05, 3.63) is 35.4 Å². The second-order valence-electron chi connectivity index (χ2n) is 5.58. The van der Waals surface area contributed by atoms with Crippen LogP contribution in [0.4, 0.5) is 0 Å². The molecule has 1 aromatic carbocycles. The summed E-state index contributed by atoms with van der Waals surface area (Å²) in [5, 5.41) is 8.86. The van der Waals surface area contributed by atoms with Crippen molar-refractivity contribution in [2.45, 2.75) is 26.3 Å². The number of aromatic carboxylic acids is 1. The molecule has 1 amide bonds. The van der Waals surface area contributed by atoms with E-state index in [1.165, 1.54) is 0 Å². The van der Waals surface area contributed by atoms with E-state index in [9.17, 15) is 9.59 Å². The van der Waals surface area contributed by atoms with Crippen LogP contribution in [-0.4, -0.2) is 42.1 Å². The summed E-state index contributed by atoms with van der Waals surface area (Å²) in [4.78, 5) is 25.0. The third-order valence-corrected chi connectivity index (χ3v) is 3.86. The zero-order valence-electron chi connectivity index (χ0n) is 12.5. The van der Waals surface area contributed by atoms with E-state index in [0.717, 1.165) is 18.4 Å². The SMILES string of the molecule is CCOCC1(C(=O)N(C)Cc2ccc(C(=O)O)cc2)CC1. The van der Waals surface area contributed by atoms with Crippen LogP contribution in [0.25, 0.3) is 0 Å². The maximum absolute atomic E-state index is 12.5. The highest BCUT2D eigenvalue weighted by Crippen LogP contribution is 2.47. The topological polar surface area (TPSA) is 66.8 Å². The molecule has 1 fully saturated rings. The summed E-state index contributed by atoms with van der Waals surface area (Å²) in [7, 11) is 1.78. The van der Waals surface area contributed by atoms with Crippen LogP contribution in [0.3, 0.4) is 0 Å². The minimum atomic E-state index is -0.945. The molecule has 0 bridgehead atoms. The van der Waals surface area contributed by atoms with Crippen molar-refractivity contribution in [1.29, 1.82) is 0 Å². The van der Waals surface area contributed by atoms with E-state index in [1.807, 2.05) is 6.92 Å². The molecule has 5 nitrogen and oxygen atoms in total. The van der Waals surface area contributed by atoms with Crippen LogP contribution in [0.1, 0.15) is 35.7 Å². The van der Waals surface area contributed by atoms with Crippen molar-refractivity contribution in [3.8, 4) is 0 Å². The minimum absolute atomic E-state index is 0.110. The zero-order valence-corrected chi connectivity index (χ0v) is 12.5. The van der Waals surface area contributed by atoms with Crippen LogP contribution in [0, 0.1) is 5.41 Å². The third-order valence-electron chi connectivity index (χ3n) is 3.86. The number of carbonyl (C=O) groups excluding carboxylic acids is 1. The summed E-state index contributed by atoms with van der Waals surface area (Å²) in [5.41, 5.74) is 0.844. The van der Waals surface area contributed by atoms with E-state index < -0.39 is 5.97 Å². The molecule has 1 aromatic rings. The molecule has 0 aliphatic heterocycles. The van der Waals surface area contributed by atoms with E-state index in [-0.39, 0.29) is 16.9 Å². The average Bonchev–Trinajstić information content (AvgIpc) is 3.26. The summed E-state index contributed by atoms with van der Waals surface area (Å²) in [5.74, 6) is -0.835. The van der Waals surface area contributed by atoms with Gasteiger partial charge in [0.2, 0.25) is 5.91 Å². The van der Waals surface area contributed by atoms with Crippen molar-refractivity contribution in [1.82, 2.24) is 4.90 Å². The van der Waals surface area contributed by atoms with Crippen LogP contribution in [0.15, 0.2) is 24.3 Å². The molecule has 5 heteroatoms. The first kappa shape index (κ1) is 15.5. The van der Waals surface area contributed by atoms with Gasteiger partial charge >= 0.3 is 5.97 Å². The monoisotopic (exact) mass is 291 g/mol. The van der Waals surface area contributed by atoms with Gasteiger partial charge in [0.1, 0.15) is 0 Å². The number of hydrogen-bond donors (Lipinski definition) is 1. The minimum Gasteiger partial charge on any atom is -0.478 e. The fraction of sp³-hybridized carbons (Fsp3) is 0.500. The fourth-order valence-electron chi connectivity index (χ4n) is 2.37. The van der Waals surface area contributed by atoms with Crippen molar-refractivity contribution >= 4 is 11.9 Å². The Balaban J connectivity index is 1.96. The van der Waals surface area contributed by atoms with Gasteiger partial charge in [-0.3, -0.25) is 4.79 Å². The first-order chi connectivity index (χ1) is 9.98. The van der Waals surface area contributed by atoms with Gasteiger partial charge in [0.15, 0.2) is 0 Å². The first-order valence-electron chi connectivity index (χ1n) is 7.14. The summed E-state index contributed by atoms with van der Waals surface area (Å²) in [6, 6.07) is 6.61. The molecule has 21 heavy (non-hydrogen) atoms. The Bertz CT molecular complexity index is 520. The van der Waals surface area contributed by atoms with E-state index in [0.29, 0.717) is 19.8 Å². The lowest BCUT2D eigenvalue weighted by molar-refractivity contribution is -0.138. The van der Waals surface area contributed by atoms with Crippen molar-refractivity contribution in [3.63, 3.8) is 0 Å². The maximum Gasteiger partial charge on any atom is 0.335 e. The quantitative estimate of drug-likeness (QED) is 0.836. The zero-order chi connectivity index (χ0) is 15.5. The Kier molecular flexibility index (Phi) is 4.63. The summed E-state index contributed by atoms with van der Waals surface area (Å²) in [6.07, 6.45) is 1.77. The number of hydrogen-bond acceptors (Lipinski definition) is 3. The van der Waals surface area contributed by atoms with Crippen LogP contribution < -0.4 is 0 Å². The molecule has 0 atom stereocenters. The van der Waals surface area contributed by atoms with Gasteiger partial charge in [0, 0.05) is 20.2 Å². The smallest absolute Gasteiger partial charge is 0.335 e. The van der Waals surface area contributed by atoms with Gasteiger partial charge in [-0.2, -0.15) is 0 Å². The molecule has 0 unspecified atom stereocenters. The van der Waals surface area contributed by atoms with E-state index in [1.54, 1.807) is 36.2 Å². The Morgan fingerprint density at radius 3 is 2.38 bits per heavy atom. The lowest BCUT2D eigenvalue weighted by Gasteiger charge is -2.23. The Morgan fingerprint density at radius 2 is 1.90 bits per heavy atom. The Hall–Kier alpha value is -1.88. The van der Waals surface area contributed by atoms with Gasteiger partial charge in [-0.25, -0.2) is 4.79 Å². The van der Waals surface area contributed by atoms with Crippen molar-refractivity contribution in [2.24, 2.45) is 5.41 Å². The molecule has 1 N–H and O–H groups in total. The normalized spacial score (nSPS) is 15.5. The predicted molar refractivity (Wildman–Crippen MR) is 78.0 cm³/mol. The van der Waals surface area contributed by atoms with Gasteiger partial charge in [-0.1, -0.05) is 12.1 Å². The summed E-state index contributed by atoms with van der Waals surface area (Å²) < 4.78 is 5.41. The van der Waals surface area contributed by atoms with E-state index in [2.05, 4.69) is 0 Å². The standard InChI is InChI=1S/C16H21NO4/c1-3-21-11-16(8-9-16)15(20)17(2)10-12-4-6-13(7-5-12)14(18)19/h4-7H,3,8-11H2,1-2H3,(H,18,19). The number of amides is 1. The number of ether oxygens (including phenoxy) is 1. The average molecular weight is 291 g/mol. The number of carbonyl (C=O) groups is 2. The molecule has 0 spiro atoms. The van der Waals surface area contributed by atoms with Gasteiger partial charge in [-0.05, 0) is 37.5 Å². The number of nitrogens with zero attached hydrogens (tertiary/aromatic N) is 1. The van der Waals surface area contributed by atoms with Gasteiger partial charge in [-0.15, -0.1) is 0 Å². The van der Waals surface area contributed by atoms with Gasteiger partial charge in [0.25, 0.3) is 0 Å². The second kappa shape index (κ2) is 6.26. The highest BCUT2D eigenvalue weighted by atomic mass is 16.5. The summed E-state index contributed by atoms with van der Waals surface area (Å²) >= 11 is 0. The Labute approximate surface area is 124 Å². The Morgan fingerprint density at radius 1 is 1.29 bits per heavy atom. The van der Waals surface area contributed by atoms with Gasteiger partial charge in [0.05, 0.1) is 17.6 Å². The number of carboxylic acids is 1. The first-order valence-corrected chi connectivity index (χ1v) is 7.14. The largest absolute Gasteiger partial charge is 0.478 e. The van der Waals surface area contributed by atoms with E-state index >= 15 is 0 Å². The van der Waals surface area contributed by atoms with Crippen LogP contribution in [0.5, 0.6) is 0 Å². The lowest BCUT2D eigenvalue weighted by Crippen LogP contribution is -2.36. The highest BCUT2D eigenvalue weighted by molar-refractivity contribution is 5.87. The third kappa shape index (κ3) is 3.61. The molecule has 0 saturated heterocycles. The molecular formula is C16H21NO4. The molecule has 0 radical (unpaired) electrons. The molecule has 114 valence electrons. The molecule has 1 aliphatic rings. The number of carboxylic acid groups (broad SMARTS) is 1. The molecular weight excluding hydrogens is 270 g/mol. The number of benzene rings is 1. The van der Waals surface area contributed by atoms with Gasteiger partial charge < -0.3 is 14.7 Å². The maximum atomic E-state index is 12.5. The highest BCUT2D eigenvalue weighted by Gasteiger charge is 2.51. The van der Waals surface area contributed by atoms with Crippen molar-refractivity contribution < 1.29 is 19.4 Å². The molecule has 0 aromatic heterocycles. The fourth-order valence-corrected chi connectivity index (χ4v) is 2.37.